The maximum absolute atomic E-state index is 11.9. The molecule has 0 bridgehead atoms. The molecule has 28 heavy (non-hydrogen) atoms. The van der Waals surface area contributed by atoms with E-state index in [4.69, 9.17) is 18.0 Å². The van der Waals surface area contributed by atoms with Crippen LogP contribution in [-0.2, 0) is 18.0 Å². The number of nitrogens with zero attached hydrogens (tertiary/aromatic N) is 2. The maximum Gasteiger partial charge on any atom is 0.500 e. The molecule has 1 N–H and O–H groups in total. The monoisotopic (exact) mass is 413 g/mol. The summed E-state index contributed by atoms with van der Waals surface area (Å²) >= 11 is 0. The number of alkyl carbamates (subject to hydrolysis) is 1. The van der Waals surface area contributed by atoms with Crippen LogP contribution in [0.2, 0.25) is 6.04 Å². The average molecular weight is 414 g/mol. The van der Waals surface area contributed by atoms with Gasteiger partial charge >= 0.3 is 14.9 Å². The maximum atomic E-state index is 11.9. The van der Waals surface area contributed by atoms with Crippen LogP contribution in [0.3, 0.4) is 0 Å². The fourth-order valence-electron chi connectivity index (χ4n) is 2.72. The van der Waals surface area contributed by atoms with Gasteiger partial charge in [0.25, 0.3) is 0 Å². The number of amides is 1. The number of rotatable bonds is 14. The first kappa shape index (κ1) is 24.0. The molecule has 0 radical (unpaired) electrons. The first-order valence-electron chi connectivity index (χ1n) is 9.28. The molecule has 158 valence electrons. The summed E-state index contributed by atoms with van der Waals surface area (Å²) < 4.78 is 21.3. The molecule has 1 rings (SSSR count). The predicted octanol–water partition coefficient (Wildman–Crippen LogP) is 3.30. The van der Waals surface area contributed by atoms with Gasteiger partial charge in [-0.2, -0.15) is 0 Å². The zero-order valence-corrected chi connectivity index (χ0v) is 18.1. The molecule has 0 aliphatic carbocycles. The van der Waals surface area contributed by atoms with E-state index in [0.29, 0.717) is 31.2 Å². The van der Waals surface area contributed by atoms with Crippen molar-refractivity contribution in [2.24, 2.45) is 5.18 Å². The number of hydrogen-bond donors (Lipinski definition) is 1. The quantitative estimate of drug-likeness (QED) is 0.284. The molecule has 0 spiro atoms. The van der Waals surface area contributed by atoms with Crippen LogP contribution in [0.1, 0.15) is 19.8 Å². The van der Waals surface area contributed by atoms with Gasteiger partial charge < -0.3 is 28.2 Å². The van der Waals surface area contributed by atoms with Crippen LogP contribution in [0.15, 0.2) is 29.4 Å². The number of nitroso groups, excluding NO2 is 1. The summed E-state index contributed by atoms with van der Waals surface area (Å²) in [6.07, 6.45) is 1.15. The van der Waals surface area contributed by atoms with Gasteiger partial charge in [-0.1, -0.05) is 6.92 Å². The lowest BCUT2D eigenvalue weighted by Gasteiger charge is -2.24. The lowest BCUT2D eigenvalue weighted by atomic mass is 10.2. The van der Waals surface area contributed by atoms with Crippen LogP contribution in [0.5, 0.6) is 0 Å². The van der Waals surface area contributed by atoms with Gasteiger partial charge in [-0.15, -0.1) is 4.91 Å². The van der Waals surface area contributed by atoms with E-state index in [1.54, 1.807) is 33.5 Å². The van der Waals surface area contributed by atoms with E-state index in [2.05, 4.69) is 22.3 Å². The molecule has 9 nitrogen and oxygen atoms in total. The van der Waals surface area contributed by atoms with E-state index < -0.39 is 14.9 Å². The molecular formula is C18H31N3O6Si. The third-order valence-electron chi connectivity index (χ3n) is 4.27. The first-order chi connectivity index (χ1) is 13.5. The minimum absolute atomic E-state index is 0.256. The van der Waals surface area contributed by atoms with Crippen LogP contribution >= 0.6 is 0 Å². The summed E-state index contributed by atoms with van der Waals surface area (Å²) in [5.41, 5.74) is 1.34. The molecule has 0 aliphatic heterocycles. The second-order valence-electron chi connectivity index (χ2n) is 6.06. The molecule has 0 fully saturated rings. The van der Waals surface area contributed by atoms with Gasteiger partial charge in [0.15, 0.2) is 0 Å². The molecule has 10 heteroatoms. The number of nitrogens with one attached hydrogen (secondary N) is 1. The largest absolute Gasteiger partial charge is 0.500 e. The van der Waals surface area contributed by atoms with Gasteiger partial charge in [0.1, 0.15) is 12.3 Å². The minimum atomic E-state index is -2.61. The summed E-state index contributed by atoms with van der Waals surface area (Å²) in [6, 6.07) is 7.62. The topological polar surface area (TPSA) is 98.7 Å². The molecule has 1 aromatic carbocycles. The van der Waals surface area contributed by atoms with Crippen molar-refractivity contribution in [2.45, 2.75) is 25.8 Å². The van der Waals surface area contributed by atoms with E-state index in [0.717, 1.165) is 18.7 Å². The predicted molar refractivity (Wildman–Crippen MR) is 110 cm³/mol. The Balaban J connectivity index is 2.35. The molecule has 1 amide bonds. The van der Waals surface area contributed by atoms with Crippen molar-refractivity contribution in [3.8, 4) is 0 Å². The van der Waals surface area contributed by atoms with Crippen molar-refractivity contribution in [2.75, 3.05) is 52.5 Å². The Morgan fingerprint density at radius 1 is 1.11 bits per heavy atom. The molecule has 0 atom stereocenters. The number of carbonyl (C=O) groups excluding carboxylic acids is 1. The molecule has 0 saturated heterocycles. The van der Waals surface area contributed by atoms with Gasteiger partial charge in [0, 0.05) is 46.2 Å². The van der Waals surface area contributed by atoms with E-state index in [1.807, 2.05) is 12.1 Å². The number of benzene rings is 1. The molecule has 1 aromatic rings. The highest BCUT2D eigenvalue weighted by atomic mass is 28.4. The Hall–Kier alpha value is -2.01. The smallest absolute Gasteiger partial charge is 0.448 e. The molecule has 0 heterocycles. The lowest BCUT2D eigenvalue weighted by molar-refractivity contribution is 0.122. The third kappa shape index (κ3) is 7.93. The number of anilines is 1. The zero-order chi connectivity index (χ0) is 20.8. The van der Waals surface area contributed by atoms with Crippen LogP contribution in [0.25, 0.3) is 0 Å². The summed E-state index contributed by atoms with van der Waals surface area (Å²) in [5.74, 6) is 0. The van der Waals surface area contributed by atoms with Gasteiger partial charge in [-0.3, -0.25) is 0 Å². The highest BCUT2D eigenvalue weighted by Crippen LogP contribution is 2.19. The van der Waals surface area contributed by atoms with Crippen molar-refractivity contribution in [3.63, 3.8) is 0 Å². The second-order valence-corrected chi connectivity index (χ2v) is 9.15. The van der Waals surface area contributed by atoms with Gasteiger partial charge in [0.05, 0.1) is 6.54 Å². The Morgan fingerprint density at radius 3 is 2.29 bits per heavy atom. The van der Waals surface area contributed by atoms with Crippen LogP contribution in [0.4, 0.5) is 16.2 Å². The normalized spacial score (nSPS) is 11.1. The van der Waals surface area contributed by atoms with Gasteiger partial charge in [0.2, 0.25) is 0 Å². The SMILES string of the molecule is CCCN(CCOC(=O)NCCC[Si](OC)(OC)OC)c1ccc(N=O)cc1. The molecule has 0 aromatic heterocycles. The first-order valence-corrected chi connectivity index (χ1v) is 11.2. The Bertz CT molecular complexity index is 575. The van der Waals surface area contributed by atoms with E-state index in [9.17, 15) is 9.70 Å². The van der Waals surface area contributed by atoms with Gasteiger partial charge in [-0.25, -0.2) is 4.79 Å². The van der Waals surface area contributed by atoms with E-state index in [1.165, 1.54) is 0 Å². The molecule has 0 saturated carbocycles. The summed E-state index contributed by atoms with van der Waals surface area (Å²) in [4.78, 5) is 24.5. The Labute approximate surface area is 167 Å². The van der Waals surface area contributed by atoms with Crippen LogP contribution < -0.4 is 10.2 Å². The molecule has 0 aliphatic rings. The minimum Gasteiger partial charge on any atom is -0.448 e. The highest BCUT2D eigenvalue weighted by molar-refractivity contribution is 6.60. The highest BCUT2D eigenvalue weighted by Gasteiger charge is 2.36. The van der Waals surface area contributed by atoms with Crippen molar-refractivity contribution in [1.82, 2.24) is 5.32 Å². The summed E-state index contributed by atoms with van der Waals surface area (Å²) in [5, 5.41) is 5.62. The summed E-state index contributed by atoms with van der Waals surface area (Å²) in [7, 11) is 2.08. The average Bonchev–Trinajstić information content (AvgIpc) is 2.74. The fourth-order valence-corrected chi connectivity index (χ4v) is 4.44. The second kappa shape index (κ2) is 13.2. The fraction of sp³-hybridized carbons (Fsp3) is 0.611. The third-order valence-corrected chi connectivity index (χ3v) is 7.10. The van der Waals surface area contributed by atoms with Gasteiger partial charge in [-0.05, 0) is 42.3 Å². The van der Waals surface area contributed by atoms with Crippen molar-refractivity contribution < 1.29 is 22.8 Å². The van der Waals surface area contributed by atoms with Crippen LogP contribution in [0, 0.1) is 4.91 Å². The molecule has 0 unspecified atom stereocenters. The lowest BCUT2D eigenvalue weighted by Crippen LogP contribution is -2.43. The standard InChI is InChI=1S/C18H31N3O6Si/c1-5-12-21(17-9-7-16(20-23)8-10-17)13-14-27-18(22)19-11-6-15-28(24-2,25-3)26-4/h7-10H,5-6,11-15H2,1-4H3,(H,19,22). The Kier molecular flexibility index (Phi) is 11.3. The van der Waals surface area contributed by atoms with Crippen molar-refractivity contribution in [1.29, 1.82) is 0 Å². The van der Waals surface area contributed by atoms with Crippen molar-refractivity contribution in [3.05, 3.63) is 29.2 Å². The number of ether oxygens (including phenoxy) is 1. The number of carbonyl (C=O) groups is 1. The van der Waals surface area contributed by atoms with Crippen molar-refractivity contribution >= 4 is 26.3 Å². The van der Waals surface area contributed by atoms with Crippen LogP contribution in [-0.4, -0.2) is 62.5 Å². The number of hydrogen-bond acceptors (Lipinski definition) is 8. The Morgan fingerprint density at radius 2 is 1.75 bits per heavy atom. The van der Waals surface area contributed by atoms with E-state index >= 15 is 0 Å². The molecular weight excluding hydrogens is 382 g/mol. The van der Waals surface area contributed by atoms with E-state index in [-0.39, 0.29) is 6.61 Å². The zero-order valence-electron chi connectivity index (χ0n) is 17.1. The summed E-state index contributed by atoms with van der Waals surface area (Å²) in [6.45, 7) is 4.15.